The van der Waals surface area contributed by atoms with Crippen molar-refractivity contribution in [3.8, 4) is 0 Å². The van der Waals surface area contributed by atoms with E-state index < -0.39 is 0 Å². The maximum absolute atomic E-state index is 13.7. The van der Waals surface area contributed by atoms with Crippen LogP contribution in [-0.4, -0.2) is 43.9 Å². The number of piperazine rings is 1. The fourth-order valence-corrected chi connectivity index (χ4v) is 2.84. The monoisotopic (exact) mass is 254 g/mol. The smallest absolute Gasteiger partial charge is 0.127 e. The van der Waals surface area contributed by atoms with Crippen LogP contribution in [0.5, 0.6) is 0 Å². The molecular weight excluding hydrogens is 235 g/mol. The van der Waals surface area contributed by atoms with Gasteiger partial charge >= 0.3 is 0 Å². The lowest BCUT2D eigenvalue weighted by molar-refractivity contribution is 0.242. The lowest BCUT2D eigenvalue weighted by atomic mass is 10.1. The Morgan fingerprint density at radius 2 is 2.12 bits per heavy atom. The quantitative estimate of drug-likeness (QED) is 0.827. The van der Waals surface area contributed by atoms with Crippen LogP contribution >= 0.6 is 11.8 Å². The zero-order valence-corrected chi connectivity index (χ0v) is 11.0. The Morgan fingerprint density at radius 3 is 2.82 bits per heavy atom. The van der Waals surface area contributed by atoms with Crippen molar-refractivity contribution in [2.45, 2.75) is 11.3 Å². The van der Waals surface area contributed by atoms with Gasteiger partial charge in [0, 0.05) is 43.2 Å². The maximum atomic E-state index is 13.7. The molecule has 1 N–H and O–H groups in total. The summed E-state index contributed by atoms with van der Waals surface area (Å²) in [5, 5.41) is 3.33. The molecule has 1 aliphatic rings. The molecule has 1 saturated heterocycles. The molecule has 0 radical (unpaired) electrons. The highest BCUT2D eigenvalue weighted by atomic mass is 32.2. The SMILES string of the molecule is CSc1cccc(F)c1CCN1CCNCC1. The van der Waals surface area contributed by atoms with Crippen molar-refractivity contribution in [2.75, 3.05) is 39.0 Å². The van der Waals surface area contributed by atoms with Gasteiger partial charge < -0.3 is 10.2 Å². The van der Waals surface area contributed by atoms with Crippen LogP contribution in [0.3, 0.4) is 0 Å². The lowest BCUT2D eigenvalue weighted by Crippen LogP contribution is -2.44. The highest BCUT2D eigenvalue weighted by molar-refractivity contribution is 7.98. The standard InChI is InChI=1S/C13H19FN2S/c1-17-13-4-2-3-12(14)11(13)5-8-16-9-6-15-7-10-16/h2-4,15H,5-10H2,1H3. The van der Waals surface area contributed by atoms with Gasteiger partial charge in [0.25, 0.3) is 0 Å². The first-order valence-corrected chi connectivity index (χ1v) is 7.28. The van der Waals surface area contributed by atoms with Gasteiger partial charge in [-0.1, -0.05) is 6.07 Å². The number of hydrogen-bond donors (Lipinski definition) is 1. The summed E-state index contributed by atoms with van der Waals surface area (Å²) < 4.78 is 13.7. The Morgan fingerprint density at radius 1 is 1.35 bits per heavy atom. The Balaban J connectivity index is 1.97. The molecule has 0 saturated carbocycles. The molecule has 94 valence electrons. The molecule has 0 spiro atoms. The van der Waals surface area contributed by atoms with Crippen LogP contribution in [0.1, 0.15) is 5.56 Å². The van der Waals surface area contributed by atoms with Gasteiger partial charge in [-0.2, -0.15) is 0 Å². The van der Waals surface area contributed by atoms with Gasteiger partial charge in [-0.25, -0.2) is 4.39 Å². The predicted molar refractivity (Wildman–Crippen MR) is 71.2 cm³/mol. The molecule has 0 aliphatic carbocycles. The van der Waals surface area contributed by atoms with Gasteiger partial charge in [0.15, 0.2) is 0 Å². The number of hydrogen-bond acceptors (Lipinski definition) is 3. The van der Waals surface area contributed by atoms with E-state index in [0.29, 0.717) is 0 Å². The Bertz CT molecular complexity index is 364. The third-order valence-corrected chi connectivity index (χ3v) is 4.01. The molecule has 0 aromatic heterocycles. The van der Waals surface area contributed by atoms with Gasteiger partial charge in [0.05, 0.1) is 0 Å². The van der Waals surface area contributed by atoms with E-state index in [2.05, 4.69) is 10.2 Å². The fraction of sp³-hybridized carbons (Fsp3) is 0.538. The number of rotatable bonds is 4. The van der Waals surface area contributed by atoms with E-state index >= 15 is 0 Å². The number of thioether (sulfide) groups is 1. The Labute approximate surface area is 107 Å². The molecule has 0 atom stereocenters. The maximum Gasteiger partial charge on any atom is 0.127 e. The summed E-state index contributed by atoms with van der Waals surface area (Å²) in [6.45, 7) is 5.20. The molecule has 1 heterocycles. The molecule has 4 heteroatoms. The zero-order chi connectivity index (χ0) is 12.1. The lowest BCUT2D eigenvalue weighted by Gasteiger charge is -2.27. The first-order chi connectivity index (χ1) is 8.31. The van der Waals surface area contributed by atoms with Crippen molar-refractivity contribution in [1.29, 1.82) is 0 Å². The van der Waals surface area contributed by atoms with Crippen molar-refractivity contribution in [2.24, 2.45) is 0 Å². The number of benzene rings is 1. The molecule has 1 aromatic carbocycles. The predicted octanol–water partition coefficient (Wildman–Crippen LogP) is 2.00. The molecule has 1 aromatic rings. The van der Waals surface area contributed by atoms with E-state index in [1.807, 2.05) is 12.3 Å². The molecule has 1 aliphatic heterocycles. The van der Waals surface area contributed by atoms with E-state index in [-0.39, 0.29) is 5.82 Å². The average Bonchev–Trinajstić information content (AvgIpc) is 2.38. The highest BCUT2D eigenvalue weighted by Gasteiger charge is 2.12. The topological polar surface area (TPSA) is 15.3 Å². The van der Waals surface area contributed by atoms with Crippen molar-refractivity contribution in [3.05, 3.63) is 29.6 Å². The number of nitrogens with zero attached hydrogens (tertiary/aromatic N) is 1. The Kier molecular flexibility index (Phi) is 4.83. The van der Waals surface area contributed by atoms with Crippen molar-refractivity contribution in [1.82, 2.24) is 10.2 Å². The molecule has 0 bridgehead atoms. The summed E-state index contributed by atoms with van der Waals surface area (Å²) in [6, 6.07) is 5.35. The van der Waals surface area contributed by atoms with E-state index in [1.165, 1.54) is 0 Å². The molecule has 2 rings (SSSR count). The molecule has 1 fully saturated rings. The molecule has 2 nitrogen and oxygen atoms in total. The Hall–Kier alpha value is -0.580. The third kappa shape index (κ3) is 3.44. The summed E-state index contributed by atoms with van der Waals surface area (Å²) in [5.41, 5.74) is 0.874. The van der Waals surface area contributed by atoms with Crippen LogP contribution < -0.4 is 5.32 Å². The van der Waals surface area contributed by atoms with Gasteiger partial charge in [-0.05, 0) is 24.8 Å². The van der Waals surface area contributed by atoms with Crippen LogP contribution in [0.15, 0.2) is 23.1 Å². The second kappa shape index (κ2) is 6.38. The van der Waals surface area contributed by atoms with E-state index in [9.17, 15) is 4.39 Å². The van der Waals surface area contributed by atoms with E-state index in [4.69, 9.17) is 0 Å². The second-order valence-electron chi connectivity index (χ2n) is 4.26. The van der Waals surface area contributed by atoms with Crippen LogP contribution in [0.4, 0.5) is 4.39 Å². The van der Waals surface area contributed by atoms with Crippen LogP contribution in [-0.2, 0) is 6.42 Å². The molecule has 0 unspecified atom stereocenters. The number of halogens is 1. The van der Waals surface area contributed by atoms with Gasteiger partial charge in [0.2, 0.25) is 0 Å². The first kappa shape index (κ1) is 12.9. The number of nitrogens with one attached hydrogen (secondary N) is 1. The summed E-state index contributed by atoms with van der Waals surface area (Å²) >= 11 is 1.63. The normalized spacial score (nSPS) is 17.3. The van der Waals surface area contributed by atoms with E-state index in [0.717, 1.165) is 49.6 Å². The highest BCUT2D eigenvalue weighted by Crippen LogP contribution is 2.23. The summed E-state index contributed by atoms with van der Waals surface area (Å²) in [4.78, 5) is 3.47. The average molecular weight is 254 g/mol. The zero-order valence-electron chi connectivity index (χ0n) is 10.2. The third-order valence-electron chi connectivity index (χ3n) is 3.18. The second-order valence-corrected chi connectivity index (χ2v) is 5.11. The summed E-state index contributed by atoms with van der Waals surface area (Å²) in [5.74, 6) is -0.0630. The summed E-state index contributed by atoms with van der Waals surface area (Å²) in [6.07, 6.45) is 2.81. The van der Waals surface area contributed by atoms with Crippen molar-refractivity contribution >= 4 is 11.8 Å². The summed E-state index contributed by atoms with van der Waals surface area (Å²) in [7, 11) is 0. The van der Waals surface area contributed by atoms with Gasteiger partial charge in [0.1, 0.15) is 5.82 Å². The van der Waals surface area contributed by atoms with Crippen molar-refractivity contribution in [3.63, 3.8) is 0 Å². The fourth-order valence-electron chi connectivity index (χ4n) is 2.18. The van der Waals surface area contributed by atoms with Crippen LogP contribution in [0.25, 0.3) is 0 Å². The van der Waals surface area contributed by atoms with Gasteiger partial charge in [-0.3, -0.25) is 0 Å². The minimum Gasteiger partial charge on any atom is -0.314 e. The largest absolute Gasteiger partial charge is 0.314 e. The van der Waals surface area contributed by atoms with Crippen molar-refractivity contribution < 1.29 is 4.39 Å². The first-order valence-electron chi connectivity index (χ1n) is 6.05. The minimum atomic E-state index is -0.0630. The molecule has 0 amide bonds. The minimum absolute atomic E-state index is 0.0630. The van der Waals surface area contributed by atoms with Crippen LogP contribution in [0.2, 0.25) is 0 Å². The molecular formula is C13H19FN2S. The molecule has 17 heavy (non-hydrogen) atoms. The van der Waals surface area contributed by atoms with Gasteiger partial charge in [-0.15, -0.1) is 11.8 Å². The van der Waals surface area contributed by atoms with Crippen LogP contribution in [0, 0.1) is 5.82 Å². The van der Waals surface area contributed by atoms with E-state index in [1.54, 1.807) is 23.9 Å².